The van der Waals surface area contributed by atoms with Crippen LogP contribution >= 0.6 is 0 Å². The first-order valence-electron chi connectivity index (χ1n) is 6.10. The zero-order chi connectivity index (χ0) is 13.8. The third-order valence-electron chi connectivity index (χ3n) is 3.51. The van der Waals surface area contributed by atoms with Gasteiger partial charge >= 0.3 is 0 Å². The Hall–Kier alpha value is -1.39. The summed E-state index contributed by atoms with van der Waals surface area (Å²) in [6, 6.07) is 5.51. The quantitative estimate of drug-likeness (QED) is 0.735. The molecule has 3 N–H and O–H groups in total. The molecule has 18 heavy (non-hydrogen) atoms. The van der Waals surface area contributed by atoms with Gasteiger partial charge in [-0.3, -0.25) is 4.79 Å². The Morgan fingerprint density at radius 2 is 1.89 bits per heavy atom. The first kappa shape index (κ1) is 14.7. The lowest BCUT2D eigenvalue weighted by Crippen LogP contribution is -2.53. The normalized spacial score (nSPS) is 11.4. The summed E-state index contributed by atoms with van der Waals surface area (Å²) in [4.78, 5) is 12.2. The number of nitrogens with one attached hydrogen (secondary N) is 1. The van der Waals surface area contributed by atoms with Crippen molar-refractivity contribution in [2.45, 2.75) is 32.7 Å². The molecule has 0 aromatic heterocycles. The van der Waals surface area contributed by atoms with Gasteiger partial charge in [-0.1, -0.05) is 19.1 Å². The lowest BCUT2D eigenvalue weighted by Gasteiger charge is -2.30. The third kappa shape index (κ3) is 2.89. The van der Waals surface area contributed by atoms with E-state index in [0.29, 0.717) is 12.0 Å². The van der Waals surface area contributed by atoms with Gasteiger partial charge in [0, 0.05) is 5.56 Å². The van der Waals surface area contributed by atoms with Crippen LogP contribution in [0.15, 0.2) is 18.2 Å². The molecule has 1 amide bonds. The summed E-state index contributed by atoms with van der Waals surface area (Å²) in [7, 11) is 0. The molecule has 0 saturated heterocycles. The number of aliphatic hydroxyl groups is 2. The van der Waals surface area contributed by atoms with Gasteiger partial charge in [-0.25, -0.2) is 0 Å². The summed E-state index contributed by atoms with van der Waals surface area (Å²) >= 11 is 0. The molecule has 4 heteroatoms. The number of rotatable bonds is 5. The van der Waals surface area contributed by atoms with Crippen LogP contribution in [0.3, 0.4) is 0 Å². The van der Waals surface area contributed by atoms with Gasteiger partial charge in [0.25, 0.3) is 5.91 Å². The molecular formula is C14H21NO3. The first-order chi connectivity index (χ1) is 8.49. The molecular weight excluding hydrogens is 230 g/mol. The molecule has 0 saturated carbocycles. The van der Waals surface area contributed by atoms with E-state index in [9.17, 15) is 15.0 Å². The number of carbonyl (C=O) groups excluding carboxylic acids is 1. The molecule has 4 nitrogen and oxygen atoms in total. The standard InChI is InChI=1S/C14H21NO3/c1-4-14(8-16,9-17)15-13(18)12-7-5-6-10(2)11(12)3/h5-7,16-17H,4,8-9H2,1-3H3,(H,15,18). The van der Waals surface area contributed by atoms with Crippen molar-refractivity contribution in [1.82, 2.24) is 5.32 Å². The fourth-order valence-electron chi connectivity index (χ4n) is 1.75. The Morgan fingerprint density at radius 1 is 1.28 bits per heavy atom. The van der Waals surface area contributed by atoms with Gasteiger partial charge in [0.05, 0.1) is 18.8 Å². The van der Waals surface area contributed by atoms with E-state index in [4.69, 9.17) is 0 Å². The molecule has 0 spiro atoms. The minimum absolute atomic E-state index is 0.263. The number of amides is 1. The molecule has 0 aliphatic rings. The Labute approximate surface area is 108 Å². The molecule has 1 aromatic carbocycles. The zero-order valence-electron chi connectivity index (χ0n) is 11.2. The van der Waals surface area contributed by atoms with Gasteiger partial charge in [0.1, 0.15) is 0 Å². The predicted octanol–water partition coefficient (Wildman–Crippen LogP) is 1.17. The van der Waals surface area contributed by atoms with Crippen LogP contribution in [0.5, 0.6) is 0 Å². The molecule has 1 aromatic rings. The highest BCUT2D eigenvalue weighted by Gasteiger charge is 2.29. The molecule has 0 fully saturated rings. The maximum atomic E-state index is 12.2. The van der Waals surface area contributed by atoms with Gasteiger partial charge in [-0.15, -0.1) is 0 Å². The average molecular weight is 251 g/mol. The molecule has 0 bridgehead atoms. The summed E-state index contributed by atoms with van der Waals surface area (Å²) in [5.41, 5.74) is 1.58. The highest BCUT2D eigenvalue weighted by atomic mass is 16.3. The topological polar surface area (TPSA) is 69.6 Å². The van der Waals surface area contributed by atoms with E-state index in [1.807, 2.05) is 32.9 Å². The van der Waals surface area contributed by atoms with Crippen LogP contribution in [0.25, 0.3) is 0 Å². The van der Waals surface area contributed by atoms with E-state index < -0.39 is 5.54 Å². The summed E-state index contributed by atoms with van der Waals surface area (Å²) in [5.74, 6) is -0.263. The maximum Gasteiger partial charge on any atom is 0.252 e. The first-order valence-corrected chi connectivity index (χ1v) is 6.10. The summed E-state index contributed by atoms with van der Waals surface area (Å²) in [6.07, 6.45) is 0.469. The number of hydrogen-bond donors (Lipinski definition) is 3. The number of benzene rings is 1. The van der Waals surface area contributed by atoms with Gasteiger partial charge < -0.3 is 15.5 Å². The van der Waals surface area contributed by atoms with Gasteiger partial charge in [-0.2, -0.15) is 0 Å². The molecule has 0 atom stereocenters. The smallest absolute Gasteiger partial charge is 0.252 e. The molecule has 0 radical (unpaired) electrons. The molecule has 1 rings (SSSR count). The van der Waals surface area contributed by atoms with Crippen molar-refractivity contribution >= 4 is 5.91 Å². The van der Waals surface area contributed by atoms with Crippen molar-refractivity contribution in [2.24, 2.45) is 0 Å². The summed E-state index contributed by atoms with van der Waals surface area (Å²) in [6.45, 7) is 5.08. The lowest BCUT2D eigenvalue weighted by molar-refractivity contribution is 0.0652. The van der Waals surface area contributed by atoms with E-state index in [2.05, 4.69) is 5.32 Å². The van der Waals surface area contributed by atoms with E-state index in [0.717, 1.165) is 11.1 Å². The van der Waals surface area contributed by atoms with Crippen LogP contribution in [-0.4, -0.2) is 34.9 Å². The number of aliphatic hydroxyl groups excluding tert-OH is 2. The highest BCUT2D eigenvalue weighted by Crippen LogP contribution is 2.15. The van der Waals surface area contributed by atoms with E-state index in [-0.39, 0.29) is 19.1 Å². The molecule has 0 aliphatic carbocycles. The van der Waals surface area contributed by atoms with Gasteiger partial charge in [0.15, 0.2) is 0 Å². The van der Waals surface area contributed by atoms with E-state index >= 15 is 0 Å². The second kappa shape index (κ2) is 5.98. The zero-order valence-corrected chi connectivity index (χ0v) is 11.2. The lowest BCUT2D eigenvalue weighted by atomic mass is 9.96. The van der Waals surface area contributed by atoms with Crippen molar-refractivity contribution in [2.75, 3.05) is 13.2 Å². The Bertz CT molecular complexity index is 417. The van der Waals surface area contributed by atoms with Crippen molar-refractivity contribution in [3.63, 3.8) is 0 Å². The van der Waals surface area contributed by atoms with Crippen molar-refractivity contribution < 1.29 is 15.0 Å². The van der Waals surface area contributed by atoms with Crippen molar-refractivity contribution in [1.29, 1.82) is 0 Å². The monoisotopic (exact) mass is 251 g/mol. The average Bonchev–Trinajstić information content (AvgIpc) is 2.39. The van der Waals surface area contributed by atoms with Gasteiger partial charge in [0.2, 0.25) is 0 Å². The largest absolute Gasteiger partial charge is 0.394 e. The van der Waals surface area contributed by atoms with Crippen LogP contribution in [0.2, 0.25) is 0 Å². The highest BCUT2D eigenvalue weighted by molar-refractivity contribution is 5.96. The number of carbonyl (C=O) groups is 1. The van der Waals surface area contributed by atoms with Crippen LogP contribution in [-0.2, 0) is 0 Å². The van der Waals surface area contributed by atoms with E-state index in [1.165, 1.54) is 0 Å². The fourth-order valence-corrected chi connectivity index (χ4v) is 1.75. The molecule has 0 unspecified atom stereocenters. The third-order valence-corrected chi connectivity index (χ3v) is 3.51. The van der Waals surface area contributed by atoms with Crippen LogP contribution in [0, 0.1) is 13.8 Å². The molecule has 0 heterocycles. The van der Waals surface area contributed by atoms with Gasteiger partial charge in [-0.05, 0) is 37.5 Å². The van der Waals surface area contributed by atoms with E-state index in [1.54, 1.807) is 6.07 Å². The van der Waals surface area contributed by atoms with Crippen molar-refractivity contribution in [3.05, 3.63) is 34.9 Å². The number of hydrogen-bond acceptors (Lipinski definition) is 3. The minimum Gasteiger partial charge on any atom is -0.394 e. The maximum absolute atomic E-state index is 12.2. The summed E-state index contributed by atoms with van der Waals surface area (Å²) in [5, 5.41) is 21.4. The van der Waals surface area contributed by atoms with Crippen LogP contribution in [0.4, 0.5) is 0 Å². The number of aryl methyl sites for hydroxylation is 1. The fraction of sp³-hybridized carbons (Fsp3) is 0.500. The summed E-state index contributed by atoms with van der Waals surface area (Å²) < 4.78 is 0. The van der Waals surface area contributed by atoms with Crippen LogP contribution < -0.4 is 5.32 Å². The molecule has 100 valence electrons. The molecule has 0 aliphatic heterocycles. The minimum atomic E-state index is -0.951. The van der Waals surface area contributed by atoms with Crippen LogP contribution in [0.1, 0.15) is 34.8 Å². The Morgan fingerprint density at radius 3 is 2.39 bits per heavy atom. The van der Waals surface area contributed by atoms with Crippen molar-refractivity contribution in [3.8, 4) is 0 Å². The Balaban J connectivity index is 2.98. The Kier molecular flexibility index (Phi) is 4.87. The second-order valence-electron chi connectivity index (χ2n) is 4.65. The predicted molar refractivity (Wildman–Crippen MR) is 70.6 cm³/mol. The SMILES string of the molecule is CCC(CO)(CO)NC(=O)c1cccc(C)c1C. The second-order valence-corrected chi connectivity index (χ2v) is 4.65.